The molecule has 126 valence electrons. The number of piperazine rings is 1. The van der Waals surface area contributed by atoms with Gasteiger partial charge in [0.2, 0.25) is 0 Å². The van der Waals surface area contributed by atoms with Crippen LogP contribution in [0.5, 0.6) is 5.75 Å². The SMILES string of the molecule is COc1ccccc1C1CNCCN1C(=O)c1ccc(F)cc1Cl. The summed E-state index contributed by atoms with van der Waals surface area (Å²) >= 11 is 6.07. The molecule has 0 spiro atoms. The lowest BCUT2D eigenvalue weighted by atomic mass is 10.0. The second-order valence-electron chi connectivity index (χ2n) is 5.58. The highest BCUT2D eigenvalue weighted by molar-refractivity contribution is 6.33. The number of carbonyl (C=O) groups excluding carboxylic acids is 1. The Kier molecular flexibility index (Phi) is 5.02. The van der Waals surface area contributed by atoms with Crippen molar-refractivity contribution in [3.63, 3.8) is 0 Å². The summed E-state index contributed by atoms with van der Waals surface area (Å²) in [4.78, 5) is 14.7. The first-order valence-electron chi connectivity index (χ1n) is 7.71. The number of benzene rings is 2. The molecule has 1 saturated heterocycles. The second kappa shape index (κ2) is 7.20. The molecule has 0 aliphatic carbocycles. The van der Waals surface area contributed by atoms with Crippen LogP contribution >= 0.6 is 11.6 Å². The van der Waals surface area contributed by atoms with Crippen molar-refractivity contribution in [1.82, 2.24) is 10.2 Å². The lowest BCUT2D eigenvalue weighted by Crippen LogP contribution is -2.48. The number of carbonyl (C=O) groups is 1. The third-order valence-electron chi connectivity index (χ3n) is 4.16. The van der Waals surface area contributed by atoms with Crippen LogP contribution in [0.15, 0.2) is 42.5 Å². The van der Waals surface area contributed by atoms with Crippen LogP contribution in [0.1, 0.15) is 22.0 Å². The van der Waals surface area contributed by atoms with Gasteiger partial charge in [-0.25, -0.2) is 4.39 Å². The minimum Gasteiger partial charge on any atom is -0.496 e. The number of halogens is 2. The third-order valence-corrected chi connectivity index (χ3v) is 4.48. The Morgan fingerprint density at radius 3 is 2.88 bits per heavy atom. The molecule has 1 fully saturated rings. The van der Waals surface area contributed by atoms with Gasteiger partial charge in [-0.15, -0.1) is 0 Å². The molecule has 0 bridgehead atoms. The van der Waals surface area contributed by atoms with Crippen LogP contribution in [-0.4, -0.2) is 37.6 Å². The molecule has 1 aliphatic rings. The van der Waals surface area contributed by atoms with Gasteiger partial charge in [0, 0.05) is 25.2 Å². The smallest absolute Gasteiger partial charge is 0.255 e. The molecule has 1 aliphatic heterocycles. The van der Waals surface area contributed by atoms with Gasteiger partial charge in [-0.05, 0) is 24.3 Å². The molecule has 1 heterocycles. The van der Waals surface area contributed by atoms with E-state index in [9.17, 15) is 9.18 Å². The molecule has 0 radical (unpaired) electrons. The topological polar surface area (TPSA) is 41.6 Å². The summed E-state index contributed by atoms with van der Waals surface area (Å²) in [6.07, 6.45) is 0. The first-order chi connectivity index (χ1) is 11.6. The van der Waals surface area contributed by atoms with Crippen molar-refractivity contribution in [2.45, 2.75) is 6.04 Å². The van der Waals surface area contributed by atoms with Gasteiger partial charge >= 0.3 is 0 Å². The number of methoxy groups -OCH3 is 1. The summed E-state index contributed by atoms with van der Waals surface area (Å²) in [5.74, 6) is 0.0600. The average Bonchev–Trinajstić information content (AvgIpc) is 2.61. The zero-order valence-corrected chi connectivity index (χ0v) is 14.0. The third kappa shape index (κ3) is 3.23. The molecule has 3 rings (SSSR count). The number of hydrogen-bond acceptors (Lipinski definition) is 3. The van der Waals surface area contributed by atoms with E-state index in [4.69, 9.17) is 16.3 Å². The molecule has 4 nitrogen and oxygen atoms in total. The lowest BCUT2D eigenvalue weighted by Gasteiger charge is -2.37. The van der Waals surface area contributed by atoms with Crippen LogP contribution < -0.4 is 10.1 Å². The van der Waals surface area contributed by atoms with Crippen LogP contribution in [-0.2, 0) is 0 Å². The van der Waals surface area contributed by atoms with Gasteiger partial charge in [0.1, 0.15) is 11.6 Å². The maximum Gasteiger partial charge on any atom is 0.255 e. The van der Waals surface area contributed by atoms with E-state index >= 15 is 0 Å². The van der Waals surface area contributed by atoms with Crippen LogP contribution in [0.25, 0.3) is 0 Å². The molecule has 1 amide bonds. The summed E-state index contributed by atoms with van der Waals surface area (Å²) in [5, 5.41) is 3.42. The Labute approximate surface area is 145 Å². The Hall–Kier alpha value is -2.11. The normalized spacial score (nSPS) is 17.6. The molecule has 1 N–H and O–H groups in total. The Morgan fingerprint density at radius 2 is 2.12 bits per heavy atom. The Balaban J connectivity index is 1.96. The highest BCUT2D eigenvalue weighted by Gasteiger charge is 2.31. The zero-order valence-electron chi connectivity index (χ0n) is 13.3. The number of rotatable bonds is 3. The zero-order chi connectivity index (χ0) is 17.1. The van der Waals surface area contributed by atoms with Crippen molar-refractivity contribution in [1.29, 1.82) is 0 Å². The number of nitrogens with one attached hydrogen (secondary N) is 1. The molecule has 2 aromatic carbocycles. The first kappa shape index (κ1) is 16.7. The molecule has 24 heavy (non-hydrogen) atoms. The van der Waals surface area contributed by atoms with E-state index in [1.54, 1.807) is 12.0 Å². The fourth-order valence-corrected chi connectivity index (χ4v) is 3.23. The average molecular weight is 349 g/mol. The fourth-order valence-electron chi connectivity index (χ4n) is 2.98. The molecular weight excluding hydrogens is 331 g/mol. The predicted octanol–water partition coefficient (Wildman–Crippen LogP) is 3.27. The van der Waals surface area contributed by atoms with Crippen molar-refractivity contribution in [2.75, 3.05) is 26.7 Å². The summed E-state index contributed by atoms with van der Waals surface area (Å²) in [6.45, 7) is 1.84. The van der Waals surface area contributed by atoms with Crippen molar-refractivity contribution in [3.8, 4) is 5.75 Å². The van der Waals surface area contributed by atoms with E-state index in [1.165, 1.54) is 12.1 Å². The highest BCUT2D eigenvalue weighted by Crippen LogP contribution is 2.32. The minimum atomic E-state index is -0.460. The maximum atomic E-state index is 13.3. The molecule has 1 unspecified atom stereocenters. The highest BCUT2D eigenvalue weighted by atomic mass is 35.5. The number of amides is 1. The van der Waals surface area contributed by atoms with E-state index < -0.39 is 5.82 Å². The van der Waals surface area contributed by atoms with Crippen LogP contribution in [0.4, 0.5) is 4.39 Å². The van der Waals surface area contributed by atoms with Crippen molar-refractivity contribution in [2.24, 2.45) is 0 Å². The number of nitrogens with zero attached hydrogens (tertiary/aromatic N) is 1. The molecular formula is C18H18ClFN2O2. The van der Waals surface area contributed by atoms with Crippen LogP contribution in [0.3, 0.4) is 0 Å². The lowest BCUT2D eigenvalue weighted by molar-refractivity contribution is 0.0632. The Bertz CT molecular complexity index is 754. The van der Waals surface area contributed by atoms with Gasteiger partial charge in [0.15, 0.2) is 0 Å². The predicted molar refractivity (Wildman–Crippen MR) is 91.1 cm³/mol. The minimum absolute atomic E-state index is 0.123. The Morgan fingerprint density at radius 1 is 1.33 bits per heavy atom. The maximum absolute atomic E-state index is 13.3. The van der Waals surface area contributed by atoms with Crippen molar-refractivity contribution < 1.29 is 13.9 Å². The largest absolute Gasteiger partial charge is 0.496 e. The molecule has 0 aromatic heterocycles. The van der Waals surface area contributed by atoms with E-state index in [0.717, 1.165) is 17.4 Å². The van der Waals surface area contributed by atoms with Gasteiger partial charge in [0.05, 0.1) is 23.7 Å². The quantitative estimate of drug-likeness (QED) is 0.925. The number of ether oxygens (including phenoxy) is 1. The summed E-state index contributed by atoms with van der Waals surface area (Å²) in [6, 6.07) is 11.3. The van der Waals surface area contributed by atoms with E-state index in [2.05, 4.69) is 5.32 Å². The summed E-state index contributed by atoms with van der Waals surface area (Å²) in [7, 11) is 1.61. The van der Waals surface area contributed by atoms with E-state index in [1.807, 2.05) is 24.3 Å². The number of hydrogen-bond donors (Lipinski definition) is 1. The van der Waals surface area contributed by atoms with Gasteiger partial charge in [0.25, 0.3) is 5.91 Å². The summed E-state index contributed by atoms with van der Waals surface area (Å²) in [5.41, 5.74) is 1.23. The molecule has 6 heteroatoms. The first-order valence-corrected chi connectivity index (χ1v) is 8.09. The standard InChI is InChI=1S/C18H18ClFN2O2/c1-24-17-5-3-2-4-14(17)16-11-21-8-9-22(16)18(23)13-7-6-12(20)10-15(13)19/h2-7,10,16,21H,8-9,11H2,1H3. The van der Waals surface area contributed by atoms with E-state index in [0.29, 0.717) is 25.2 Å². The monoisotopic (exact) mass is 348 g/mol. The van der Waals surface area contributed by atoms with Crippen LogP contribution in [0.2, 0.25) is 5.02 Å². The summed E-state index contributed by atoms with van der Waals surface area (Å²) < 4.78 is 18.7. The van der Waals surface area contributed by atoms with Crippen LogP contribution in [0, 0.1) is 5.82 Å². The van der Waals surface area contributed by atoms with Gasteiger partial charge in [-0.3, -0.25) is 4.79 Å². The van der Waals surface area contributed by atoms with Gasteiger partial charge in [-0.2, -0.15) is 0 Å². The van der Waals surface area contributed by atoms with Gasteiger partial charge in [-0.1, -0.05) is 29.8 Å². The van der Waals surface area contributed by atoms with Gasteiger partial charge < -0.3 is 15.0 Å². The van der Waals surface area contributed by atoms with Crippen molar-refractivity contribution in [3.05, 3.63) is 64.4 Å². The number of para-hydroxylation sites is 1. The molecule has 2 aromatic rings. The second-order valence-corrected chi connectivity index (χ2v) is 5.99. The molecule has 1 atom stereocenters. The van der Waals surface area contributed by atoms with E-state index in [-0.39, 0.29) is 17.0 Å². The van der Waals surface area contributed by atoms with Crippen molar-refractivity contribution >= 4 is 17.5 Å². The molecule has 0 saturated carbocycles. The fraction of sp³-hybridized carbons (Fsp3) is 0.278.